The predicted molar refractivity (Wildman–Crippen MR) is 107 cm³/mol. The fourth-order valence-electron chi connectivity index (χ4n) is 4.30. The molecule has 0 unspecified atom stereocenters. The van der Waals surface area contributed by atoms with Crippen LogP contribution in [0.2, 0.25) is 0 Å². The molecule has 7 heteroatoms. The van der Waals surface area contributed by atoms with Gasteiger partial charge in [0.1, 0.15) is 17.3 Å². The molecule has 0 bridgehead atoms. The van der Waals surface area contributed by atoms with Gasteiger partial charge in [-0.2, -0.15) is 0 Å². The lowest BCUT2D eigenvalue weighted by Gasteiger charge is -2.31. The van der Waals surface area contributed by atoms with E-state index in [1.54, 1.807) is 0 Å². The Morgan fingerprint density at radius 3 is 2.68 bits per heavy atom. The third kappa shape index (κ3) is 3.84. The van der Waals surface area contributed by atoms with E-state index in [-0.39, 0.29) is 11.8 Å². The van der Waals surface area contributed by atoms with Gasteiger partial charge in [-0.05, 0) is 31.6 Å². The van der Waals surface area contributed by atoms with E-state index in [1.165, 1.54) is 6.42 Å². The molecule has 0 atom stereocenters. The molecule has 2 fully saturated rings. The highest BCUT2D eigenvalue weighted by Crippen LogP contribution is 2.30. The topological polar surface area (TPSA) is 78.4 Å². The summed E-state index contributed by atoms with van der Waals surface area (Å²) in [6.07, 6.45) is 5.73. The molecule has 3 aliphatic rings. The van der Waals surface area contributed by atoms with Gasteiger partial charge in [0.05, 0.1) is 0 Å². The van der Waals surface area contributed by atoms with E-state index in [4.69, 9.17) is 4.98 Å². The average molecular weight is 386 g/mol. The van der Waals surface area contributed by atoms with Crippen LogP contribution in [0.4, 0.5) is 5.82 Å². The van der Waals surface area contributed by atoms with Crippen molar-refractivity contribution in [1.29, 1.82) is 0 Å². The lowest BCUT2D eigenvalue weighted by atomic mass is 9.84. The van der Waals surface area contributed by atoms with E-state index in [1.807, 2.05) is 4.90 Å². The fraction of sp³-hybridized carbons (Fsp3) is 0.714. The molecule has 0 spiro atoms. The molecule has 28 heavy (non-hydrogen) atoms. The number of nitrogens with zero attached hydrogens (tertiary/aromatic N) is 4. The number of rotatable bonds is 4. The van der Waals surface area contributed by atoms with Crippen molar-refractivity contribution in [3.8, 4) is 0 Å². The summed E-state index contributed by atoms with van der Waals surface area (Å²) in [6, 6.07) is 0. The van der Waals surface area contributed by atoms with Gasteiger partial charge in [-0.3, -0.25) is 9.59 Å². The van der Waals surface area contributed by atoms with Gasteiger partial charge in [-0.15, -0.1) is 0 Å². The number of carbonyl (C=O) groups is 2. The zero-order valence-electron chi connectivity index (χ0n) is 17.0. The van der Waals surface area contributed by atoms with Crippen molar-refractivity contribution in [3.05, 3.63) is 17.1 Å². The Morgan fingerprint density at radius 2 is 1.96 bits per heavy atom. The standard InChI is InChI=1S/C21H31N5O2/c1-14(2)13-17-23-18-16(7-8-22-20(18)27)19(24-17)25-9-4-10-26(12-11-25)21(28)15-5-3-6-15/h14-15H,3-13H2,1-2H3,(H,22,27). The lowest BCUT2D eigenvalue weighted by molar-refractivity contribution is -0.137. The first kappa shape index (κ1) is 19.2. The quantitative estimate of drug-likeness (QED) is 0.855. The fourth-order valence-corrected chi connectivity index (χ4v) is 4.30. The molecular formula is C21H31N5O2. The maximum Gasteiger partial charge on any atom is 0.270 e. The van der Waals surface area contributed by atoms with Crippen LogP contribution < -0.4 is 10.2 Å². The van der Waals surface area contributed by atoms with Crippen molar-refractivity contribution in [2.45, 2.75) is 52.4 Å². The van der Waals surface area contributed by atoms with Crippen LogP contribution in [0.15, 0.2) is 0 Å². The Morgan fingerprint density at radius 1 is 1.14 bits per heavy atom. The van der Waals surface area contributed by atoms with Crippen molar-refractivity contribution in [3.63, 3.8) is 0 Å². The third-order valence-electron chi connectivity index (χ3n) is 6.06. The Kier molecular flexibility index (Phi) is 5.51. The third-order valence-corrected chi connectivity index (χ3v) is 6.06. The summed E-state index contributed by atoms with van der Waals surface area (Å²) in [5, 5.41) is 2.91. The molecule has 7 nitrogen and oxygen atoms in total. The molecule has 1 aromatic rings. The molecule has 1 N–H and O–H groups in total. The summed E-state index contributed by atoms with van der Waals surface area (Å²) in [4.78, 5) is 38.9. The van der Waals surface area contributed by atoms with E-state index in [0.29, 0.717) is 24.1 Å². The first-order chi connectivity index (χ1) is 13.5. The summed E-state index contributed by atoms with van der Waals surface area (Å²) in [5.74, 6) is 2.57. The van der Waals surface area contributed by atoms with Crippen LogP contribution in [0.5, 0.6) is 0 Å². The minimum atomic E-state index is -0.0912. The number of hydrogen-bond donors (Lipinski definition) is 1. The molecule has 1 aliphatic carbocycles. The SMILES string of the molecule is CC(C)Cc1nc2c(c(N3CCCN(C(=O)C4CCC4)CC3)n1)CCNC2=O. The Hall–Kier alpha value is -2.18. The molecule has 2 amide bonds. The number of amides is 2. The van der Waals surface area contributed by atoms with E-state index >= 15 is 0 Å². The van der Waals surface area contributed by atoms with E-state index in [9.17, 15) is 9.59 Å². The van der Waals surface area contributed by atoms with E-state index < -0.39 is 0 Å². The predicted octanol–water partition coefficient (Wildman–Crippen LogP) is 1.80. The molecule has 2 aliphatic heterocycles. The summed E-state index contributed by atoms with van der Waals surface area (Å²) >= 11 is 0. The monoisotopic (exact) mass is 385 g/mol. The Bertz CT molecular complexity index is 759. The number of fused-ring (bicyclic) bond motifs is 1. The Labute approximate surface area is 166 Å². The first-order valence-electron chi connectivity index (χ1n) is 10.7. The van der Waals surface area contributed by atoms with Crippen molar-refractivity contribution < 1.29 is 9.59 Å². The molecule has 4 rings (SSSR count). The first-order valence-corrected chi connectivity index (χ1v) is 10.7. The van der Waals surface area contributed by atoms with Crippen molar-refractivity contribution in [2.75, 3.05) is 37.6 Å². The van der Waals surface area contributed by atoms with Gasteiger partial charge in [0, 0.05) is 50.6 Å². The summed E-state index contributed by atoms with van der Waals surface area (Å²) in [7, 11) is 0. The lowest BCUT2D eigenvalue weighted by Crippen LogP contribution is -2.41. The van der Waals surface area contributed by atoms with Crippen LogP contribution >= 0.6 is 0 Å². The molecule has 0 radical (unpaired) electrons. The Balaban J connectivity index is 1.58. The second-order valence-electron chi connectivity index (χ2n) is 8.69. The van der Waals surface area contributed by atoms with Crippen LogP contribution in [0.25, 0.3) is 0 Å². The van der Waals surface area contributed by atoms with Gasteiger partial charge in [-0.25, -0.2) is 9.97 Å². The van der Waals surface area contributed by atoms with Crippen LogP contribution in [-0.4, -0.2) is 59.4 Å². The maximum absolute atomic E-state index is 12.7. The number of hydrogen-bond acceptors (Lipinski definition) is 5. The zero-order chi connectivity index (χ0) is 19.7. The normalized spacial score (nSPS) is 20.5. The van der Waals surface area contributed by atoms with E-state index in [2.05, 4.69) is 29.0 Å². The summed E-state index contributed by atoms with van der Waals surface area (Å²) < 4.78 is 0. The van der Waals surface area contributed by atoms with Gasteiger partial charge < -0.3 is 15.1 Å². The van der Waals surface area contributed by atoms with Gasteiger partial charge >= 0.3 is 0 Å². The minimum absolute atomic E-state index is 0.0912. The van der Waals surface area contributed by atoms with Gasteiger partial charge in [0.15, 0.2) is 0 Å². The zero-order valence-corrected chi connectivity index (χ0v) is 17.0. The number of carbonyl (C=O) groups excluding carboxylic acids is 2. The number of aromatic nitrogens is 2. The highest BCUT2D eigenvalue weighted by molar-refractivity contribution is 5.96. The van der Waals surface area contributed by atoms with Crippen LogP contribution in [0.3, 0.4) is 0 Å². The minimum Gasteiger partial charge on any atom is -0.354 e. The molecule has 1 saturated heterocycles. The molecule has 1 saturated carbocycles. The van der Waals surface area contributed by atoms with Gasteiger partial charge in [0.2, 0.25) is 5.91 Å². The molecule has 1 aromatic heterocycles. The highest BCUT2D eigenvalue weighted by atomic mass is 16.2. The molecular weight excluding hydrogens is 354 g/mol. The molecule has 152 valence electrons. The van der Waals surface area contributed by atoms with Crippen LogP contribution in [0, 0.1) is 11.8 Å². The maximum atomic E-state index is 12.7. The number of nitrogens with one attached hydrogen (secondary N) is 1. The van der Waals surface area contributed by atoms with Gasteiger partial charge in [0.25, 0.3) is 5.91 Å². The average Bonchev–Trinajstić information content (AvgIpc) is 2.86. The second kappa shape index (κ2) is 8.05. The largest absolute Gasteiger partial charge is 0.354 e. The van der Waals surface area contributed by atoms with Crippen molar-refractivity contribution in [2.24, 2.45) is 11.8 Å². The van der Waals surface area contributed by atoms with Gasteiger partial charge in [-0.1, -0.05) is 20.3 Å². The number of anilines is 1. The van der Waals surface area contributed by atoms with Crippen LogP contribution in [-0.2, 0) is 17.6 Å². The summed E-state index contributed by atoms with van der Waals surface area (Å²) in [5.41, 5.74) is 1.51. The second-order valence-corrected chi connectivity index (χ2v) is 8.69. The summed E-state index contributed by atoms with van der Waals surface area (Å²) in [6.45, 7) is 8.09. The highest BCUT2D eigenvalue weighted by Gasteiger charge is 2.32. The van der Waals surface area contributed by atoms with Crippen LogP contribution in [0.1, 0.15) is 61.4 Å². The van der Waals surface area contributed by atoms with E-state index in [0.717, 1.165) is 75.5 Å². The smallest absolute Gasteiger partial charge is 0.270 e. The van der Waals surface area contributed by atoms with Crippen molar-refractivity contribution in [1.82, 2.24) is 20.2 Å². The molecule has 3 heterocycles. The van der Waals surface area contributed by atoms with Crippen molar-refractivity contribution >= 4 is 17.6 Å². The molecule has 0 aromatic carbocycles.